The number of nitrogens with one attached hydrogen (secondary N) is 1. The van der Waals surface area contributed by atoms with Gasteiger partial charge in [-0.3, -0.25) is 0 Å². The molecule has 1 aromatic rings. The molecule has 0 bridgehead atoms. The van der Waals surface area contributed by atoms with E-state index in [1.165, 1.54) is 0 Å². The van der Waals surface area contributed by atoms with Crippen molar-refractivity contribution in [3.63, 3.8) is 0 Å². The average molecular weight is 318 g/mol. The smallest absolute Gasteiger partial charge is 0.174 e. The van der Waals surface area contributed by atoms with Gasteiger partial charge in [0, 0.05) is 13.1 Å². The maximum absolute atomic E-state index is 9.19. The standard InChI is InChI=1S/C13H20BrNO3/c1-4-18-12-6-10(8-15-7-9(2)16)5-11(14)13(12)17-3/h5-6,9,15-16H,4,7-8H2,1-3H3/t9-/m0/s1. The van der Waals surface area contributed by atoms with Crippen molar-refractivity contribution >= 4 is 15.9 Å². The Bertz CT molecular complexity index is 383. The Hall–Kier alpha value is -0.780. The van der Waals surface area contributed by atoms with Gasteiger partial charge in [-0.25, -0.2) is 0 Å². The lowest BCUT2D eigenvalue weighted by Crippen LogP contribution is -2.23. The molecule has 0 saturated heterocycles. The number of methoxy groups -OCH3 is 1. The van der Waals surface area contributed by atoms with Crippen molar-refractivity contribution < 1.29 is 14.6 Å². The van der Waals surface area contributed by atoms with Crippen LogP contribution in [0.2, 0.25) is 0 Å². The van der Waals surface area contributed by atoms with Crippen LogP contribution in [-0.2, 0) is 6.54 Å². The zero-order valence-corrected chi connectivity index (χ0v) is 12.6. The second kappa shape index (κ2) is 7.61. The first-order valence-electron chi connectivity index (χ1n) is 5.96. The summed E-state index contributed by atoms with van der Waals surface area (Å²) in [5.41, 5.74) is 1.08. The number of aliphatic hydroxyl groups is 1. The molecule has 0 aliphatic heterocycles. The second-order valence-electron chi connectivity index (χ2n) is 4.02. The van der Waals surface area contributed by atoms with Crippen LogP contribution in [0, 0.1) is 0 Å². The predicted octanol–water partition coefficient (Wildman–Crippen LogP) is 2.33. The molecule has 0 unspecified atom stereocenters. The van der Waals surface area contributed by atoms with Gasteiger partial charge in [0.1, 0.15) is 0 Å². The SMILES string of the molecule is CCOc1cc(CNC[C@H](C)O)cc(Br)c1OC. The largest absolute Gasteiger partial charge is 0.492 e. The lowest BCUT2D eigenvalue weighted by Gasteiger charge is -2.14. The number of hydrogen-bond donors (Lipinski definition) is 2. The number of rotatable bonds is 7. The van der Waals surface area contributed by atoms with E-state index in [0.29, 0.717) is 25.4 Å². The van der Waals surface area contributed by atoms with Gasteiger partial charge >= 0.3 is 0 Å². The maximum atomic E-state index is 9.19. The van der Waals surface area contributed by atoms with Gasteiger partial charge in [0.15, 0.2) is 11.5 Å². The van der Waals surface area contributed by atoms with Crippen LogP contribution in [0.4, 0.5) is 0 Å². The zero-order chi connectivity index (χ0) is 13.5. The number of hydrogen-bond acceptors (Lipinski definition) is 4. The molecule has 2 N–H and O–H groups in total. The van der Waals surface area contributed by atoms with Crippen LogP contribution < -0.4 is 14.8 Å². The molecule has 0 spiro atoms. The van der Waals surface area contributed by atoms with Crippen LogP contribution in [0.15, 0.2) is 16.6 Å². The van der Waals surface area contributed by atoms with Crippen molar-refractivity contribution in [1.29, 1.82) is 0 Å². The summed E-state index contributed by atoms with van der Waals surface area (Å²) in [5.74, 6) is 1.43. The minimum absolute atomic E-state index is 0.349. The molecule has 5 heteroatoms. The fourth-order valence-corrected chi connectivity index (χ4v) is 2.26. The maximum Gasteiger partial charge on any atom is 0.174 e. The number of halogens is 1. The zero-order valence-electron chi connectivity index (χ0n) is 11.0. The topological polar surface area (TPSA) is 50.7 Å². The third-order valence-corrected chi connectivity index (χ3v) is 2.93. The predicted molar refractivity (Wildman–Crippen MR) is 75.3 cm³/mol. The number of aliphatic hydroxyl groups excluding tert-OH is 1. The molecular weight excluding hydrogens is 298 g/mol. The Labute approximate surface area is 116 Å². The highest BCUT2D eigenvalue weighted by Gasteiger charge is 2.11. The molecule has 0 fully saturated rings. The first kappa shape index (κ1) is 15.3. The molecule has 0 aliphatic carbocycles. The Morgan fingerprint density at radius 2 is 2.17 bits per heavy atom. The molecular formula is C13H20BrNO3. The lowest BCUT2D eigenvalue weighted by molar-refractivity contribution is 0.191. The van der Waals surface area contributed by atoms with Crippen molar-refractivity contribution in [2.75, 3.05) is 20.3 Å². The summed E-state index contributed by atoms with van der Waals surface area (Å²) in [7, 11) is 1.62. The number of benzene rings is 1. The summed E-state index contributed by atoms with van der Waals surface area (Å²) in [6.45, 7) is 5.52. The summed E-state index contributed by atoms with van der Waals surface area (Å²) in [6.07, 6.45) is -0.349. The monoisotopic (exact) mass is 317 g/mol. The molecule has 0 saturated carbocycles. The van der Waals surface area contributed by atoms with Gasteiger partial charge in [0.05, 0.1) is 24.3 Å². The van der Waals surface area contributed by atoms with Crippen molar-refractivity contribution in [2.24, 2.45) is 0 Å². The second-order valence-corrected chi connectivity index (χ2v) is 4.88. The Morgan fingerprint density at radius 1 is 1.44 bits per heavy atom. The molecule has 1 rings (SSSR count). The Kier molecular flexibility index (Phi) is 6.46. The van der Waals surface area contributed by atoms with Crippen molar-refractivity contribution in [3.05, 3.63) is 22.2 Å². The molecule has 0 aliphatic rings. The molecule has 0 aromatic heterocycles. The third-order valence-electron chi connectivity index (χ3n) is 2.34. The highest BCUT2D eigenvalue weighted by atomic mass is 79.9. The van der Waals surface area contributed by atoms with Gasteiger partial charge in [-0.15, -0.1) is 0 Å². The van der Waals surface area contributed by atoms with E-state index in [9.17, 15) is 5.11 Å². The van der Waals surface area contributed by atoms with E-state index < -0.39 is 0 Å². The van der Waals surface area contributed by atoms with Gasteiger partial charge < -0.3 is 19.9 Å². The minimum Gasteiger partial charge on any atom is -0.492 e. The van der Waals surface area contributed by atoms with E-state index in [2.05, 4.69) is 21.2 Å². The van der Waals surface area contributed by atoms with Crippen LogP contribution >= 0.6 is 15.9 Å². The normalized spacial score (nSPS) is 12.3. The highest BCUT2D eigenvalue weighted by molar-refractivity contribution is 9.10. The van der Waals surface area contributed by atoms with E-state index in [0.717, 1.165) is 15.8 Å². The summed E-state index contributed by atoms with van der Waals surface area (Å²) < 4.78 is 11.7. The van der Waals surface area contributed by atoms with E-state index in [4.69, 9.17) is 9.47 Å². The van der Waals surface area contributed by atoms with Crippen LogP contribution in [0.5, 0.6) is 11.5 Å². The fourth-order valence-electron chi connectivity index (χ4n) is 1.61. The first-order valence-corrected chi connectivity index (χ1v) is 6.75. The van der Waals surface area contributed by atoms with E-state index >= 15 is 0 Å². The molecule has 18 heavy (non-hydrogen) atoms. The van der Waals surface area contributed by atoms with Gasteiger partial charge in [0.25, 0.3) is 0 Å². The number of ether oxygens (including phenoxy) is 2. The Morgan fingerprint density at radius 3 is 2.72 bits per heavy atom. The summed E-state index contributed by atoms with van der Waals surface area (Å²) in [5, 5.41) is 12.4. The van der Waals surface area contributed by atoms with Crippen molar-refractivity contribution in [1.82, 2.24) is 5.32 Å². The molecule has 0 amide bonds. The molecule has 0 heterocycles. The van der Waals surface area contributed by atoms with Gasteiger partial charge in [0.2, 0.25) is 0 Å². The minimum atomic E-state index is -0.349. The molecule has 4 nitrogen and oxygen atoms in total. The van der Waals surface area contributed by atoms with Crippen molar-refractivity contribution in [2.45, 2.75) is 26.5 Å². The average Bonchev–Trinajstić information content (AvgIpc) is 2.28. The summed E-state index contributed by atoms with van der Waals surface area (Å²) >= 11 is 3.47. The fraction of sp³-hybridized carbons (Fsp3) is 0.538. The summed E-state index contributed by atoms with van der Waals surface area (Å²) in [6, 6.07) is 3.93. The highest BCUT2D eigenvalue weighted by Crippen LogP contribution is 2.36. The van der Waals surface area contributed by atoms with Crippen LogP contribution in [0.3, 0.4) is 0 Å². The quantitative estimate of drug-likeness (QED) is 0.810. The van der Waals surface area contributed by atoms with Crippen LogP contribution in [-0.4, -0.2) is 31.5 Å². The first-order chi connectivity index (χ1) is 8.58. The Balaban J connectivity index is 2.80. The summed E-state index contributed by atoms with van der Waals surface area (Å²) in [4.78, 5) is 0. The third kappa shape index (κ3) is 4.48. The molecule has 102 valence electrons. The molecule has 1 aromatic carbocycles. The molecule has 1 atom stereocenters. The van der Waals surface area contributed by atoms with E-state index in [1.807, 2.05) is 19.1 Å². The lowest BCUT2D eigenvalue weighted by atomic mass is 10.2. The van der Waals surface area contributed by atoms with Crippen LogP contribution in [0.25, 0.3) is 0 Å². The van der Waals surface area contributed by atoms with Gasteiger partial charge in [-0.05, 0) is 47.5 Å². The van der Waals surface area contributed by atoms with Gasteiger partial charge in [-0.2, -0.15) is 0 Å². The molecule has 0 radical (unpaired) electrons. The van der Waals surface area contributed by atoms with Crippen molar-refractivity contribution in [3.8, 4) is 11.5 Å². The van der Waals surface area contributed by atoms with Gasteiger partial charge in [-0.1, -0.05) is 0 Å². The van der Waals surface area contributed by atoms with E-state index in [1.54, 1.807) is 14.0 Å². The van der Waals surface area contributed by atoms with Crippen LogP contribution in [0.1, 0.15) is 19.4 Å². The van der Waals surface area contributed by atoms with E-state index in [-0.39, 0.29) is 6.10 Å².